The summed E-state index contributed by atoms with van der Waals surface area (Å²) in [6, 6.07) is 20.2. The van der Waals surface area contributed by atoms with Crippen LogP contribution in [-0.2, 0) is 4.74 Å². The summed E-state index contributed by atoms with van der Waals surface area (Å²) in [5.74, 6) is 1.84. The van der Waals surface area contributed by atoms with E-state index in [2.05, 4.69) is 13.8 Å². The molecule has 1 unspecified atom stereocenters. The van der Waals surface area contributed by atoms with E-state index in [4.69, 9.17) is 30.5 Å². The number of carbonyl (C=O) groups excluding carboxylic acids is 1. The van der Waals surface area contributed by atoms with E-state index in [1.165, 1.54) is 0 Å². The number of rotatable bonds is 19. The minimum Gasteiger partial charge on any atom is -0.493 e. The van der Waals surface area contributed by atoms with Crippen molar-refractivity contribution in [2.24, 2.45) is 11.3 Å². The molecule has 43 heavy (non-hydrogen) atoms. The van der Waals surface area contributed by atoms with Gasteiger partial charge in [0, 0.05) is 12.0 Å². The van der Waals surface area contributed by atoms with E-state index < -0.39 is 11.4 Å². The molecule has 7 nitrogen and oxygen atoms in total. The van der Waals surface area contributed by atoms with Gasteiger partial charge in [0.05, 0.1) is 43.6 Å². The van der Waals surface area contributed by atoms with Gasteiger partial charge in [-0.3, -0.25) is 0 Å². The summed E-state index contributed by atoms with van der Waals surface area (Å²) < 4.78 is 22.8. The molecule has 0 aliphatic carbocycles. The molecule has 0 amide bonds. The van der Waals surface area contributed by atoms with Crippen LogP contribution in [0.2, 0.25) is 5.02 Å². The first-order valence-corrected chi connectivity index (χ1v) is 15.4. The van der Waals surface area contributed by atoms with Crippen molar-refractivity contribution in [3.63, 3.8) is 0 Å². The minimum absolute atomic E-state index is 0.106. The summed E-state index contributed by atoms with van der Waals surface area (Å²) in [4.78, 5) is 12.7. The smallest absolute Gasteiger partial charge is 0.343 e. The number of hydrogen-bond donors (Lipinski definition) is 2. The molecule has 0 aliphatic rings. The Bertz CT molecular complexity index is 1240. The number of aliphatic hydroxyl groups is 2. The lowest BCUT2D eigenvalue weighted by Gasteiger charge is -2.24. The van der Waals surface area contributed by atoms with Crippen LogP contribution in [0.15, 0.2) is 66.7 Å². The van der Waals surface area contributed by atoms with E-state index in [0.717, 1.165) is 49.0 Å². The fourth-order valence-electron chi connectivity index (χ4n) is 4.03. The monoisotopic (exact) mass is 612 g/mol. The molecule has 0 fully saturated rings. The van der Waals surface area contributed by atoms with Gasteiger partial charge < -0.3 is 29.2 Å². The number of benzene rings is 3. The third-order valence-electron chi connectivity index (χ3n) is 7.31. The molecule has 0 saturated carbocycles. The number of unbranched alkanes of at least 4 members (excludes halogenated alkanes) is 3. The first kappa shape index (κ1) is 34.4. The number of ether oxygens (including phenoxy) is 4. The lowest BCUT2D eigenvalue weighted by molar-refractivity contribution is -0.0169. The van der Waals surface area contributed by atoms with Crippen molar-refractivity contribution in [1.29, 1.82) is 0 Å². The van der Waals surface area contributed by atoms with Crippen LogP contribution in [0, 0.1) is 11.3 Å². The molecule has 234 valence electrons. The summed E-state index contributed by atoms with van der Waals surface area (Å²) >= 11 is 6.38. The Kier molecular flexibility index (Phi) is 14.3. The van der Waals surface area contributed by atoms with Crippen molar-refractivity contribution in [2.75, 3.05) is 39.6 Å². The summed E-state index contributed by atoms with van der Waals surface area (Å²) in [6.07, 6.45) is 4.80. The maximum atomic E-state index is 12.7. The summed E-state index contributed by atoms with van der Waals surface area (Å²) in [6.45, 7) is 8.04. The highest BCUT2D eigenvalue weighted by Gasteiger charge is 2.22. The highest BCUT2D eigenvalue weighted by molar-refractivity contribution is 6.32. The zero-order valence-electron chi connectivity index (χ0n) is 25.5. The lowest BCUT2D eigenvalue weighted by Crippen LogP contribution is -2.31. The van der Waals surface area contributed by atoms with Crippen molar-refractivity contribution in [3.8, 4) is 28.4 Å². The van der Waals surface area contributed by atoms with Gasteiger partial charge in [-0.1, -0.05) is 69.5 Å². The maximum Gasteiger partial charge on any atom is 0.343 e. The molecule has 2 N–H and O–H groups in total. The number of carbonyl (C=O) groups is 1. The minimum atomic E-state index is -0.595. The van der Waals surface area contributed by atoms with Crippen molar-refractivity contribution < 1.29 is 34.0 Å². The zero-order chi connectivity index (χ0) is 31.1. The van der Waals surface area contributed by atoms with Crippen molar-refractivity contribution >= 4 is 17.6 Å². The second-order valence-corrected chi connectivity index (χ2v) is 11.8. The van der Waals surface area contributed by atoms with Crippen LogP contribution < -0.4 is 14.2 Å². The molecule has 3 aromatic rings. The van der Waals surface area contributed by atoms with E-state index in [9.17, 15) is 15.0 Å². The summed E-state index contributed by atoms with van der Waals surface area (Å²) in [5, 5.41) is 18.9. The third kappa shape index (κ3) is 11.5. The normalized spacial score (nSPS) is 12.1. The van der Waals surface area contributed by atoms with Gasteiger partial charge in [-0.15, -0.1) is 0 Å². The molecule has 0 bridgehead atoms. The van der Waals surface area contributed by atoms with Gasteiger partial charge in [-0.2, -0.15) is 0 Å². The first-order valence-electron chi connectivity index (χ1n) is 15.0. The maximum absolute atomic E-state index is 12.7. The van der Waals surface area contributed by atoms with Crippen LogP contribution in [0.5, 0.6) is 17.2 Å². The quantitative estimate of drug-likeness (QED) is 0.0818. The van der Waals surface area contributed by atoms with Crippen molar-refractivity contribution in [2.45, 2.75) is 52.9 Å². The Hall–Kier alpha value is -3.10. The first-order chi connectivity index (χ1) is 20.8. The zero-order valence-corrected chi connectivity index (χ0v) is 26.3. The number of esters is 1. The average Bonchev–Trinajstić information content (AvgIpc) is 3.03. The molecule has 0 aromatic heterocycles. The van der Waals surface area contributed by atoms with Crippen LogP contribution in [-0.4, -0.2) is 55.8 Å². The largest absolute Gasteiger partial charge is 0.493 e. The molecule has 3 rings (SSSR count). The highest BCUT2D eigenvalue weighted by Crippen LogP contribution is 2.28. The van der Waals surface area contributed by atoms with Gasteiger partial charge in [0.25, 0.3) is 0 Å². The average molecular weight is 613 g/mol. The molecule has 0 aliphatic heterocycles. The summed E-state index contributed by atoms with van der Waals surface area (Å²) in [7, 11) is 0. The van der Waals surface area contributed by atoms with Crippen LogP contribution in [0.25, 0.3) is 11.1 Å². The Morgan fingerprint density at radius 1 is 0.837 bits per heavy atom. The molecule has 0 heterocycles. The van der Waals surface area contributed by atoms with E-state index >= 15 is 0 Å². The Balaban J connectivity index is 1.39. The molecule has 3 aromatic carbocycles. The molecule has 8 heteroatoms. The van der Waals surface area contributed by atoms with Gasteiger partial charge in [0.1, 0.15) is 17.2 Å². The fraction of sp³-hybridized carbons (Fsp3) is 0.457. The molecule has 0 radical (unpaired) electrons. The van der Waals surface area contributed by atoms with Crippen LogP contribution in [0.4, 0.5) is 0 Å². The van der Waals surface area contributed by atoms with Gasteiger partial charge in [-0.25, -0.2) is 4.79 Å². The molecule has 1 atom stereocenters. The number of aliphatic hydroxyl groups excluding tert-OH is 2. The van der Waals surface area contributed by atoms with E-state index in [1.54, 1.807) is 37.3 Å². The SMILES string of the molecule is CCC(C)COc1ccc(-c2ccc(OC(=O)c3ccc(OCCCCCCOCC(C)(CO)CO)c(Cl)c3)cc2)cc1. The number of hydrogen-bond acceptors (Lipinski definition) is 7. The Morgan fingerprint density at radius 2 is 1.44 bits per heavy atom. The van der Waals surface area contributed by atoms with Gasteiger partial charge in [0.2, 0.25) is 0 Å². The Labute approximate surface area is 260 Å². The topological polar surface area (TPSA) is 94.5 Å². The van der Waals surface area contributed by atoms with E-state index in [1.807, 2.05) is 36.4 Å². The highest BCUT2D eigenvalue weighted by atomic mass is 35.5. The Morgan fingerprint density at radius 3 is 2.02 bits per heavy atom. The third-order valence-corrected chi connectivity index (χ3v) is 7.60. The van der Waals surface area contributed by atoms with Crippen molar-refractivity contribution in [1.82, 2.24) is 0 Å². The number of halogens is 1. The molecule has 0 saturated heterocycles. The predicted octanol–water partition coefficient (Wildman–Crippen LogP) is 7.60. The van der Waals surface area contributed by atoms with Crippen LogP contribution in [0.1, 0.15) is 63.2 Å². The van der Waals surface area contributed by atoms with Gasteiger partial charge in [0.15, 0.2) is 0 Å². The molecule has 0 spiro atoms. The van der Waals surface area contributed by atoms with E-state index in [-0.39, 0.29) is 13.2 Å². The fourth-order valence-corrected chi connectivity index (χ4v) is 4.26. The standard InChI is InChI=1S/C35H45ClO7/c1-4-26(2)22-42-30-14-9-27(10-15-30)28-11-16-31(17-12-28)43-34(39)29-13-18-33(32(36)21-29)41-20-8-6-5-7-19-40-25-35(3,23-37)24-38/h9-18,21,26,37-38H,4-8,19-20,22-25H2,1-3H3. The second kappa shape index (κ2) is 17.9. The van der Waals surface area contributed by atoms with Gasteiger partial charge >= 0.3 is 5.97 Å². The van der Waals surface area contributed by atoms with E-state index in [0.29, 0.717) is 54.4 Å². The predicted molar refractivity (Wildman–Crippen MR) is 170 cm³/mol. The molecular formula is C35H45ClO7. The van der Waals surface area contributed by atoms with Crippen LogP contribution >= 0.6 is 11.6 Å². The van der Waals surface area contributed by atoms with Crippen LogP contribution in [0.3, 0.4) is 0 Å². The van der Waals surface area contributed by atoms with Crippen molar-refractivity contribution in [3.05, 3.63) is 77.3 Å². The summed E-state index contributed by atoms with van der Waals surface area (Å²) in [5.41, 5.74) is 1.80. The lowest BCUT2D eigenvalue weighted by atomic mass is 9.95. The molecular weight excluding hydrogens is 568 g/mol. The second-order valence-electron chi connectivity index (χ2n) is 11.4. The van der Waals surface area contributed by atoms with Gasteiger partial charge in [-0.05, 0) is 78.8 Å².